The smallest absolute Gasteiger partial charge is 0.344 e. The van der Waals surface area contributed by atoms with Crippen LogP contribution >= 0.6 is 0 Å². The lowest BCUT2D eigenvalue weighted by molar-refractivity contribution is -0.141. The number of benzene rings is 1. The van der Waals surface area contributed by atoms with E-state index in [0.29, 0.717) is 35.3 Å². The second-order valence-electron chi connectivity index (χ2n) is 8.63. The number of nitrogens with zero attached hydrogens (tertiary/aromatic N) is 4. The van der Waals surface area contributed by atoms with Crippen LogP contribution in [0.25, 0.3) is 11.3 Å². The summed E-state index contributed by atoms with van der Waals surface area (Å²) < 4.78 is 41.0. The molecule has 1 N–H and O–H groups in total. The average Bonchev–Trinajstić information content (AvgIpc) is 3.16. The number of aromatic nitrogens is 3. The van der Waals surface area contributed by atoms with Gasteiger partial charge in [0.15, 0.2) is 0 Å². The second kappa shape index (κ2) is 7.79. The molecule has 0 bridgehead atoms. The maximum absolute atomic E-state index is 13.1. The summed E-state index contributed by atoms with van der Waals surface area (Å²) in [6.07, 6.45) is -2.81. The monoisotopic (exact) mass is 439 g/mol. The van der Waals surface area contributed by atoms with E-state index in [2.05, 4.69) is 15.4 Å². The zero-order valence-electron chi connectivity index (χ0n) is 17.4. The first-order valence-corrected chi connectivity index (χ1v) is 9.98. The largest absolute Gasteiger partial charge is 0.433 e. The van der Waals surface area contributed by atoms with E-state index >= 15 is 0 Å². The first-order valence-electron chi connectivity index (χ1n) is 9.98. The first kappa shape index (κ1) is 21.6. The number of carbonyl (C=O) groups excluding carboxylic acids is 1. The molecule has 1 aliphatic rings. The van der Waals surface area contributed by atoms with Crippen molar-refractivity contribution >= 4 is 5.91 Å². The molecular formula is C23H20F3N5O. The predicted octanol–water partition coefficient (Wildman–Crippen LogP) is 4.74. The van der Waals surface area contributed by atoms with Crippen LogP contribution in [0.3, 0.4) is 0 Å². The van der Waals surface area contributed by atoms with Gasteiger partial charge in [-0.2, -0.15) is 23.5 Å². The predicted molar refractivity (Wildman–Crippen MR) is 110 cm³/mol. The van der Waals surface area contributed by atoms with E-state index in [1.807, 2.05) is 19.9 Å². The molecule has 1 aliphatic heterocycles. The van der Waals surface area contributed by atoms with Gasteiger partial charge in [-0.15, -0.1) is 0 Å². The molecule has 0 saturated heterocycles. The minimum atomic E-state index is -4.55. The molecule has 0 unspecified atom stereocenters. The number of hydrogen-bond donors (Lipinski definition) is 1. The van der Waals surface area contributed by atoms with Crippen LogP contribution in [-0.4, -0.2) is 20.7 Å². The maximum atomic E-state index is 13.1. The molecular weight excluding hydrogens is 419 g/mol. The SMILES string of the molecule is CC1(C)C[C@H](NC(=O)c2cccc(C#N)c2)c2cc(-c3ccnc(C(F)(F)F)c3)nn2C1. The van der Waals surface area contributed by atoms with Gasteiger partial charge >= 0.3 is 6.18 Å². The van der Waals surface area contributed by atoms with Crippen LogP contribution in [0.1, 0.15) is 53.6 Å². The third-order valence-corrected chi connectivity index (χ3v) is 5.41. The van der Waals surface area contributed by atoms with Gasteiger partial charge < -0.3 is 5.32 Å². The van der Waals surface area contributed by atoms with Crippen LogP contribution in [0.2, 0.25) is 0 Å². The highest BCUT2D eigenvalue weighted by atomic mass is 19.4. The van der Waals surface area contributed by atoms with Gasteiger partial charge in [-0.3, -0.25) is 14.5 Å². The van der Waals surface area contributed by atoms with E-state index in [0.717, 1.165) is 18.0 Å². The van der Waals surface area contributed by atoms with Crippen molar-refractivity contribution in [2.24, 2.45) is 5.41 Å². The average molecular weight is 439 g/mol. The molecule has 2 aromatic heterocycles. The minimum absolute atomic E-state index is 0.196. The molecule has 6 nitrogen and oxygen atoms in total. The van der Waals surface area contributed by atoms with Crippen LogP contribution in [0.5, 0.6) is 0 Å². The zero-order valence-corrected chi connectivity index (χ0v) is 17.4. The molecule has 32 heavy (non-hydrogen) atoms. The number of nitriles is 1. The molecule has 164 valence electrons. The fourth-order valence-corrected chi connectivity index (χ4v) is 3.95. The Morgan fingerprint density at radius 2 is 2.03 bits per heavy atom. The topological polar surface area (TPSA) is 83.6 Å². The molecule has 3 aromatic rings. The van der Waals surface area contributed by atoms with Crippen LogP contribution < -0.4 is 5.32 Å². The molecule has 0 fully saturated rings. The van der Waals surface area contributed by atoms with Crippen molar-refractivity contribution in [1.29, 1.82) is 5.26 Å². The number of nitrogens with one attached hydrogen (secondary N) is 1. The van der Waals surface area contributed by atoms with Crippen molar-refractivity contribution in [2.75, 3.05) is 0 Å². The second-order valence-corrected chi connectivity index (χ2v) is 8.63. The Kier molecular flexibility index (Phi) is 5.25. The Morgan fingerprint density at radius 1 is 1.25 bits per heavy atom. The molecule has 0 radical (unpaired) electrons. The van der Waals surface area contributed by atoms with Gasteiger partial charge in [-0.05, 0) is 48.2 Å². The molecule has 1 aromatic carbocycles. The molecule has 0 saturated carbocycles. The number of amides is 1. The van der Waals surface area contributed by atoms with E-state index in [4.69, 9.17) is 5.26 Å². The summed E-state index contributed by atoms with van der Waals surface area (Å²) in [5.74, 6) is -0.331. The summed E-state index contributed by atoms with van der Waals surface area (Å²) in [5, 5.41) is 16.6. The van der Waals surface area contributed by atoms with Gasteiger partial charge in [0.25, 0.3) is 5.91 Å². The summed E-state index contributed by atoms with van der Waals surface area (Å²) in [6, 6.07) is 12.2. The summed E-state index contributed by atoms with van der Waals surface area (Å²) in [5.41, 5.74) is 0.973. The Labute approximate surface area is 182 Å². The summed E-state index contributed by atoms with van der Waals surface area (Å²) in [6.45, 7) is 4.65. The fraction of sp³-hybridized carbons (Fsp3) is 0.304. The summed E-state index contributed by atoms with van der Waals surface area (Å²) in [4.78, 5) is 16.3. The van der Waals surface area contributed by atoms with Crippen molar-refractivity contribution in [3.05, 3.63) is 71.2 Å². The number of halogens is 3. The van der Waals surface area contributed by atoms with Gasteiger partial charge in [0.05, 0.1) is 29.1 Å². The molecule has 0 aliphatic carbocycles. The molecule has 4 rings (SSSR count). The number of carbonyl (C=O) groups is 1. The molecule has 9 heteroatoms. The van der Waals surface area contributed by atoms with Crippen LogP contribution in [0.15, 0.2) is 48.7 Å². The highest BCUT2D eigenvalue weighted by molar-refractivity contribution is 5.94. The molecule has 3 heterocycles. The van der Waals surface area contributed by atoms with Crippen molar-refractivity contribution < 1.29 is 18.0 Å². The molecule has 1 amide bonds. The maximum Gasteiger partial charge on any atom is 0.433 e. The lowest BCUT2D eigenvalue weighted by Crippen LogP contribution is -2.39. The summed E-state index contributed by atoms with van der Waals surface area (Å²) in [7, 11) is 0. The van der Waals surface area contributed by atoms with E-state index in [1.54, 1.807) is 28.9 Å². The van der Waals surface area contributed by atoms with Gasteiger partial charge in [-0.25, -0.2) is 0 Å². The normalized spacial score (nSPS) is 17.3. The lowest BCUT2D eigenvalue weighted by Gasteiger charge is -2.36. The Balaban J connectivity index is 1.67. The van der Waals surface area contributed by atoms with E-state index in [-0.39, 0.29) is 17.4 Å². The number of alkyl halides is 3. The van der Waals surface area contributed by atoms with Crippen LogP contribution in [-0.2, 0) is 12.7 Å². The number of fused-ring (bicyclic) bond motifs is 1. The summed E-state index contributed by atoms with van der Waals surface area (Å²) >= 11 is 0. The van der Waals surface area contributed by atoms with Gasteiger partial charge in [0.2, 0.25) is 0 Å². The third-order valence-electron chi connectivity index (χ3n) is 5.41. The van der Waals surface area contributed by atoms with Crippen molar-refractivity contribution in [1.82, 2.24) is 20.1 Å². The quantitative estimate of drug-likeness (QED) is 0.639. The van der Waals surface area contributed by atoms with E-state index in [1.165, 1.54) is 12.1 Å². The Hall–Kier alpha value is -3.67. The number of hydrogen-bond acceptors (Lipinski definition) is 4. The third kappa shape index (κ3) is 4.35. The van der Waals surface area contributed by atoms with Gasteiger partial charge in [-0.1, -0.05) is 19.9 Å². The number of pyridine rings is 1. The Morgan fingerprint density at radius 3 is 2.75 bits per heavy atom. The van der Waals surface area contributed by atoms with Crippen molar-refractivity contribution in [3.63, 3.8) is 0 Å². The fourth-order valence-electron chi connectivity index (χ4n) is 3.95. The van der Waals surface area contributed by atoms with Crippen molar-refractivity contribution in [3.8, 4) is 17.3 Å². The standard InChI is InChI=1S/C23H20F3N5O/c1-22(2)11-18(29-21(32)16-5-3-4-14(8-16)12-27)19-10-17(30-31(19)13-22)15-6-7-28-20(9-15)23(24,25)26/h3-10,18H,11,13H2,1-2H3,(H,29,32)/t18-/m0/s1. The molecule has 1 atom stereocenters. The van der Waals surface area contributed by atoms with E-state index in [9.17, 15) is 18.0 Å². The zero-order chi connectivity index (χ0) is 23.1. The highest BCUT2D eigenvalue weighted by Gasteiger charge is 2.36. The number of rotatable bonds is 3. The Bertz CT molecular complexity index is 1220. The lowest BCUT2D eigenvalue weighted by atomic mass is 9.81. The van der Waals surface area contributed by atoms with Gasteiger partial charge in [0.1, 0.15) is 5.69 Å². The minimum Gasteiger partial charge on any atom is -0.344 e. The first-order chi connectivity index (χ1) is 15.1. The van der Waals surface area contributed by atoms with Crippen molar-refractivity contribution in [2.45, 2.75) is 39.0 Å². The molecule has 0 spiro atoms. The van der Waals surface area contributed by atoms with Crippen LogP contribution in [0.4, 0.5) is 13.2 Å². The highest BCUT2D eigenvalue weighted by Crippen LogP contribution is 2.39. The van der Waals surface area contributed by atoms with Gasteiger partial charge in [0, 0.05) is 23.9 Å². The van der Waals surface area contributed by atoms with Crippen LogP contribution in [0, 0.1) is 16.7 Å². The van der Waals surface area contributed by atoms with E-state index < -0.39 is 11.9 Å².